The van der Waals surface area contributed by atoms with Gasteiger partial charge < -0.3 is 4.90 Å². The molecule has 1 amide bonds. The number of hydrogen-bond donors (Lipinski definition) is 0. The predicted molar refractivity (Wildman–Crippen MR) is 107 cm³/mol. The summed E-state index contributed by atoms with van der Waals surface area (Å²) < 4.78 is 1.03. The van der Waals surface area contributed by atoms with Crippen molar-refractivity contribution in [3.05, 3.63) is 64.2 Å². The van der Waals surface area contributed by atoms with E-state index in [9.17, 15) is 14.9 Å². The van der Waals surface area contributed by atoms with Gasteiger partial charge in [0, 0.05) is 25.2 Å². The molecule has 2 aromatic carbocycles. The fourth-order valence-electron chi connectivity index (χ4n) is 2.61. The lowest BCUT2D eigenvalue weighted by molar-refractivity contribution is -0.384. The molecule has 8 heteroatoms. The van der Waals surface area contributed by atoms with Gasteiger partial charge in [-0.1, -0.05) is 35.6 Å². The van der Waals surface area contributed by atoms with Crippen molar-refractivity contribution >= 4 is 38.3 Å². The maximum Gasteiger partial charge on any atom is 0.269 e. The van der Waals surface area contributed by atoms with E-state index >= 15 is 0 Å². The Kier molecular flexibility index (Phi) is 5.78. The van der Waals surface area contributed by atoms with Crippen LogP contribution in [-0.4, -0.2) is 47.9 Å². The maximum atomic E-state index is 13.0. The molecule has 0 unspecified atom stereocenters. The average Bonchev–Trinajstić information content (AvgIpc) is 3.05. The van der Waals surface area contributed by atoms with Crippen LogP contribution in [0.25, 0.3) is 10.2 Å². The predicted octanol–water partition coefficient (Wildman–Crippen LogP) is 3.34. The van der Waals surface area contributed by atoms with Crippen molar-refractivity contribution in [3.8, 4) is 0 Å². The first kappa shape index (κ1) is 18.9. The van der Waals surface area contributed by atoms with Gasteiger partial charge in [0.05, 0.1) is 21.6 Å². The molecule has 0 N–H and O–H groups in total. The number of para-hydroxylation sites is 1. The third kappa shape index (κ3) is 4.66. The molecule has 0 fully saturated rings. The van der Waals surface area contributed by atoms with E-state index in [4.69, 9.17) is 0 Å². The highest BCUT2D eigenvalue weighted by atomic mass is 32.1. The minimum atomic E-state index is -0.448. The third-order valence-electron chi connectivity index (χ3n) is 4.09. The van der Waals surface area contributed by atoms with Crippen LogP contribution < -0.4 is 4.90 Å². The van der Waals surface area contributed by atoms with Crippen LogP contribution >= 0.6 is 11.3 Å². The number of benzene rings is 2. The largest absolute Gasteiger partial charge is 0.308 e. The first-order chi connectivity index (χ1) is 12.9. The Hall–Kier alpha value is -2.84. The van der Waals surface area contributed by atoms with E-state index < -0.39 is 4.92 Å². The van der Waals surface area contributed by atoms with Gasteiger partial charge in [0.25, 0.3) is 5.69 Å². The van der Waals surface area contributed by atoms with Crippen molar-refractivity contribution < 1.29 is 9.72 Å². The molecular weight excluding hydrogens is 364 g/mol. The minimum Gasteiger partial charge on any atom is -0.308 e. The van der Waals surface area contributed by atoms with E-state index in [2.05, 4.69) is 4.98 Å². The molecule has 0 atom stereocenters. The fraction of sp³-hybridized carbons (Fsp3) is 0.263. The summed E-state index contributed by atoms with van der Waals surface area (Å²) in [4.78, 5) is 31.6. The third-order valence-corrected chi connectivity index (χ3v) is 5.15. The Bertz CT molecular complexity index is 920. The molecule has 0 aliphatic carbocycles. The molecule has 27 heavy (non-hydrogen) atoms. The van der Waals surface area contributed by atoms with Crippen LogP contribution in [0.15, 0.2) is 48.5 Å². The van der Waals surface area contributed by atoms with Crippen LogP contribution in [0.5, 0.6) is 0 Å². The number of nitro groups is 1. The molecule has 0 saturated heterocycles. The Morgan fingerprint density at radius 3 is 2.44 bits per heavy atom. The Labute approximate surface area is 161 Å². The average molecular weight is 384 g/mol. The van der Waals surface area contributed by atoms with E-state index in [0.29, 0.717) is 18.2 Å². The number of thiazole rings is 1. The summed E-state index contributed by atoms with van der Waals surface area (Å²) in [6, 6.07) is 13.9. The molecule has 1 heterocycles. The van der Waals surface area contributed by atoms with Crippen LogP contribution in [0, 0.1) is 10.1 Å². The topological polar surface area (TPSA) is 79.6 Å². The molecule has 0 saturated carbocycles. The van der Waals surface area contributed by atoms with Crippen LogP contribution in [0.4, 0.5) is 10.8 Å². The van der Waals surface area contributed by atoms with E-state index in [1.807, 2.05) is 43.3 Å². The van der Waals surface area contributed by atoms with Crippen molar-refractivity contribution in [1.29, 1.82) is 0 Å². The minimum absolute atomic E-state index is 0.0156. The number of nitro benzene ring substituents is 1. The SMILES string of the molecule is CN(C)CCN(C(=O)Cc1ccc([N+](=O)[O-])cc1)c1nc2ccccc2s1. The number of aromatic nitrogens is 1. The number of nitrogens with zero attached hydrogens (tertiary/aromatic N) is 4. The fourth-order valence-corrected chi connectivity index (χ4v) is 3.62. The lowest BCUT2D eigenvalue weighted by Gasteiger charge is -2.22. The summed E-state index contributed by atoms with van der Waals surface area (Å²) in [7, 11) is 3.91. The second-order valence-electron chi connectivity index (χ2n) is 6.41. The highest BCUT2D eigenvalue weighted by Crippen LogP contribution is 2.29. The lowest BCUT2D eigenvalue weighted by atomic mass is 10.1. The molecule has 0 spiro atoms. The van der Waals surface area contributed by atoms with Crippen LogP contribution in [0.1, 0.15) is 5.56 Å². The molecule has 1 aromatic heterocycles. The van der Waals surface area contributed by atoms with E-state index in [1.54, 1.807) is 17.0 Å². The number of fused-ring (bicyclic) bond motifs is 1. The van der Waals surface area contributed by atoms with E-state index in [1.165, 1.54) is 23.5 Å². The molecule has 0 aliphatic heterocycles. The molecule has 0 bridgehead atoms. The van der Waals surface area contributed by atoms with Gasteiger partial charge in [-0.05, 0) is 31.8 Å². The van der Waals surface area contributed by atoms with Crippen LogP contribution in [0.3, 0.4) is 0 Å². The van der Waals surface area contributed by atoms with Crippen molar-refractivity contribution in [1.82, 2.24) is 9.88 Å². The van der Waals surface area contributed by atoms with Crippen molar-refractivity contribution in [2.75, 3.05) is 32.1 Å². The second-order valence-corrected chi connectivity index (χ2v) is 7.42. The Morgan fingerprint density at radius 1 is 1.11 bits per heavy atom. The van der Waals surface area contributed by atoms with Gasteiger partial charge >= 0.3 is 0 Å². The summed E-state index contributed by atoms with van der Waals surface area (Å²) in [5.74, 6) is -0.0789. The first-order valence-electron chi connectivity index (χ1n) is 8.48. The van der Waals surface area contributed by atoms with Gasteiger partial charge in [-0.3, -0.25) is 19.8 Å². The van der Waals surface area contributed by atoms with Gasteiger partial charge in [-0.2, -0.15) is 0 Å². The number of non-ortho nitro benzene ring substituents is 1. The summed E-state index contributed by atoms with van der Waals surface area (Å²) in [5, 5.41) is 11.5. The van der Waals surface area contributed by atoms with Crippen molar-refractivity contribution in [2.24, 2.45) is 0 Å². The molecule has 3 aromatic rings. The van der Waals surface area contributed by atoms with Crippen LogP contribution in [0.2, 0.25) is 0 Å². The Morgan fingerprint density at radius 2 is 1.81 bits per heavy atom. The molecular formula is C19H20N4O3S. The zero-order valence-corrected chi connectivity index (χ0v) is 16.0. The number of hydrogen-bond acceptors (Lipinski definition) is 6. The van der Waals surface area contributed by atoms with Gasteiger partial charge in [-0.15, -0.1) is 0 Å². The summed E-state index contributed by atoms with van der Waals surface area (Å²) in [6.45, 7) is 1.24. The highest BCUT2D eigenvalue weighted by Gasteiger charge is 2.20. The number of carbonyl (C=O) groups is 1. The van der Waals surface area contributed by atoms with Crippen LogP contribution in [-0.2, 0) is 11.2 Å². The molecule has 140 valence electrons. The number of carbonyl (C=O) groups excluding carboxylic acids is 1. The van der Waals surface area contributed by atoms with Gasteiger partial charge in [-0.25, -0.2) is 4.98 Å². The normalized spacial score (nSPS) is 11.1. The van der Waals surface area contributed by atoms with E-state index in [-0.39, 0.29) is 18.0 Å². The molecule has 7 nitrogen and oxygen atoms in total. The monoisotopic (exact) mass is 384 g/mol. The molecule has 0 aliphatic rings. The quantitative estimate of drug-likeness (QED) is 0.461. The first-order valence-corrected chi connectivity index (χ1v) is 9.29. The van der Waals surface area contributed by atoms with Crippen molar-refractivity contribution in [2.45, 2.75) is 6.42 Å². The van der Waals surface area contributed by atoms with Gasteiger partial charge in [0.2, 0.25) is 5.91 Å². The summed E-state index contributed by atoms with van der Waals surface area (Å²) >= 11 is 1.49. The Balaban J connectivity index is 1.83. The summed E-state index contributed by atoms with van der Waals surface area (Å²) in [5.41, 5.74) is 1.62. The van der Waals surface area contributed by atoms with Gasteiger partial charge in [0.15, 0.2) is 5.13 Å². The lowest BCUT2D eigenvalue weighted by Crippen LogP contribution is -2.37. The molecule has 3 rings (SSSR count). The highest BCUT2D eigenvalue weighted by molar-refractivity contribution is 7.22. The standard InChI is InChI=1S/C19H20N4O3S/c1-21(2)11-12-22(19-20-16-5-3-4-6-17(16)27-19)18(24)13-14-7-9-15(10-8-14)23(25)26/h3-10H,11-13H2,1-2H3. The number of likely N-dealkylation sites (N-methyl/N-ethyl adjacent to an activating group) is 1. The smallest absolute Gasteiger partial charge is 0.269 e. The van der Waals surface area contributed by atoms with Gasteiger partial charge in [0.1, 0.15) is 0 Å². The van der Waals surface area contributed by atoms with E-state index in [0.717, 1.165) is 15.8 Å². The van der Waals surface area contributed by atoms with Crippen molar-refractivity contribution in [3.63, 3.8) is 0 Å². The number of anilines is 1. The molecule has 0 radical (unpaired) electrons. The second kappa shape index (κ2) is 8.24. The number of rotatable bonds is 7. The zero-order chi connectivity index (χ0) is 19.4. The summed E-state index contributed by atoms with van der Waals surface area (Å²) in [6.07, 6.45) is 0.168. The number of amides is 1. The zero-order valence-electron chi connectivity index (χ0n) is 15.2. The maximum absolute atomic E-state index is 13.0.